The number of hydrogen-bond donors (Lipinski definition) is 2. The third-order valence-electron chi connectivity index (χ3n) is 4.50. The monoisotopic (exact) mass is 269 g/mol. The molecule has 0 aromatic rings. The van der Waals surface area contributed by atoms with Gasteiger partial charge in [0.25, 0.3) is 0 Å². The van der Waals surface area contributed by atoms with E-state index >= 15 is 0 Å². The van der Waals surface area contributed by atoms with E-state index in [1.54, 1.807) is 0 Å². The summed E-state index contributed by atoms with van der Waals surface area (Å²) in [4.78, 5) is 23.0. The van der Waals surface area contributed by atoms with Crippen molar-refractivity contribution in [2.45, 2.75) is 45.1 Å². The van der Waals surface area contributed by atoms with Gasteiger partial charge in [0.1, 0.15) is 0 Å². The maximum Gasteiger partial charge on any atom is 0.306 e. The maximum atomic E-state index is 12.1. The summed E-state index contributed by atoms with van der Waals surface area (Å²) in [6.07, 6.45) is 3.79. The zero-order valence-electron chi connectivity index (χ0n) is 11.4. The van der Waals surface area contributed by atoms with E-state index in [1.807, 2.05) is 6.92 Å². The zero-order chi connectivity index (χ0) is 13.8. The number of carboxylic acids is 1. The first-order valence-corrected chi connectivity index (χ1v) is 7.19. The van der Waals surface area contributed by atoms with Gasteiger partial charge >= 0.3 is 5.97 Å². The number of carbonyl (C=O) groups is 2. The second kappa shape index (κ2) is 6.37. The number of amides is 1. The van der Waals surface area contributed by atoms with Crippen LogP contribution in [0.4, 0.5) is 0 Å². The Bertz CT molecular complexity index is 338. The van der Waals surface area contributed by atoms with Crippen molar-refractivity contribution >= 4 is 11.9 Å². The van der Waals surface area contributed by atoms with Gasteiger partial charge in [-0.25, -0.2) is 0 Å². The Balaban J connectivity index is 1.79. The summed E-state index contributed by atoms with van der Waals surface area (Å²) in [5.41, 5.74) is 0. The molecule has 5 heteroatoms. The van der Waals surface area contributed by atoms with Crippen LogP contribution >= 0.6 is 0 Å². The predicted molar refractivity (Wildman–Crippen MR) is 69.6 cm³/mol. The fourth-order valence-electron chi connectivity index (χ4n) is 3.12. The number of carboxylic acid groups (broad SMARTS) is 1. The summed E-state index contributed by atoms with van der Waals surface area (Å²) in [5.74, 6) is -0.720. The van der Waals surface area contributed by atoms with Crippen LogP contribution in [0.1, 0.15) is 39.0 Å². The minimum absolute atomic E-state index is 0.0303. The molecule has 1 aliphatic heterocycles. The second-order valence-corrected chi connectivity index (χ2v) is 5.79. The van der Waals surface area contributed by atoms with E-state index in [4.69, 9.17) is 9.84 Å². The molecule has 1 saturated carbocycles. The van der Waals surface area contributed by atoms with E-state index < -0.39 is 5.97 Å². The highest BCUT2D eigenvalue weighted by Crippen LogP contribution is 2.31. The SMILES string of the molecule is CC(NC(=O)C1CCC(C(=O)O)C1)C1CCOCC1. The molecule has 2 rings (SSSR count). The molecule has 1 amide bonds. The maximum absolute atomic E-state index is 12.1. The lowest BCUT2D eigenvalue weighted by Gasteiger charge is -2.29. The van der Waals surface area contributed by atoms with Gasteiger partial charge in [0.2, 0.25) is 5.91 Å². The van der Waals surface area contributed by atoms with E-state index in [0.29, 0.717) is 25.2 Å². The quantitative estimate of drug-likeness (QED) is 0.809. The summed E-state index contributed by atoms with van der Waals surface area (Å²) in [7, 11) is 0. The number of nitrogens with one attached hydrogen (secondary N) is 1. The molecule has 19 heavy (non-hydrogen) atoms. The van der Waals surface area contributed by atoms with Gasteiger partial charge in [0.05, 0.1) is 5.92 Å². The molecule has 108 valence electrons. The summed E-state index contributed by atoms with van der Waals surface area (Å²) in [6.45, 7) is 3.59. The van der Waals surface area contributed by atoms with Gasteiger partial charge in [-0.05, 0) is 44.9 Å². The molecule has 0 aromatic carbocycles. The minimum Gasteiger partial charge on any atom is -0.481 e. The molecule has 0 aromatic heterocycles. The fraction of sp³-hybridized carbons (Fsp3) is 0.857. The number of carbonyl (C=O) groups excluding carboxylic acids is 1. The summed E-state index contributed by atoms with van der Waals surface area (Å²) >= 11 is 0. The third kappa shape index (κ3) is 3.69. The van der Waals surface area contributed by atoms with E-state index in [-0.39, 0.29) is 23.8 Å². The molecule has 0 spiro atoms. The molecule has 2 fully saturated rings. The van der Waals surface area contributed by atoms with Crippen LogP contribution < -0.4 is 5.32 Å². The highest BCUT2D eigenvalue weighted by Gasteiger charge is 2.34. The first kappa shape index (κ1) is 14.3. The topological polar surface area (TPSA) is 75.6 Å². The molecular weight excluding hydrogens is 246 g/mol. The lowest BCUT2D eigenvalue weighted by molar-refractivity contribution is -0.141. The standard InChI is InChI=1S/C14H23NO4/c1-9(10-4-6-19-7-5-10)15-13(16)11-2-3-12(8-11)14(17)18/h9-12H,2-8H2,1H3,(H,15,16)(H,17,18). The Kier molecular flexibility index (Phi) is 4.80. The van der Waals surface area contributed by atoms with Crippen molar-refractivity contribution < 1.29 is 19.4 Å². The van der Waals surface area contributed by atoms with Crippen molar-refractivity contribution in [2.75, 3.05) is 13.2 Å². The largest absolute Gasteiger partial charge is 0.481 e. The minimum atomic E-state index is -0.771. The summed E-state index contributed by atoms with van der Waals surface area (Å²) in [5, 5.41) is 12.0. The molecule has 1 saturated heterocycles. The normalized spacial score (nSPS) is 29.9. The molecule has 0 bridgehead atoms. The van der Waals surface area contributed by atoms with Crippen molar-refractivity contribution in [1.29, 1.82) is 0 Å². The van der Waals surface area contributed by atoms with Crippen LogP contribution in [0.25, 0.3) is 0 Å². The number of aliphatic carboxylic acids is 1. The molecular formula is C14H23NO4. The highest BCUT2D eigenvalue weighted by molar-refractivity contribution is 5.81. The predicted octanol–water partition coefficient (Wildman–Crippen LogP) is 1.42. The molecule has 3 unspecified atom stereocenters. The Morgan fingerprint density at radius 2 is 1.79 bits per heavy atom. The first-order valence-electron chi connectivity index (χ1n) is 7.19. The fourth-order valence-corrected chi connectivity index (χ4v) is 3.12. The number of rotatable bonds is 4. The molecule has 5 nitrogen and oxygen atoms in total. The van der Waals surface area contributed by atoms with E-state index in [0.717, 1.165) is 26.1 Å². The average molecular weight is 269 g/mol. The Hall–Kier alpha value is -1.10. The smallest absolute Gasteiger partial charge is 0.306 e. The molecule has 2 aliphatic rings. The van der Waals surface area contributed by atoms with Crippen molar-refractivity contribution in [3.05, 3.63) is 0 Å². The summed E-state index contributed by atoms with van der Waals surface area (Å²) in [6, 6.07) is 0.153. The van der Waals surface area contributed by atoms with Crippen LogP contribution in [0.2, 0.25) is 0 Å². The first-order chi connectivity index (χ1) is 9.08. The van der Waals surface area contributed by atoms with E-state index in [1.165, 1.54) is 0 Å². The number of ether oxygens (including phenoxy) is 1. The molecule has 1 heterocycles. The Morgan fingerprint density at radius 1 is 1.16 bits per heavy atom. The molecule has 0 radical (unpaired) electrons. The van der Waals surface area contributed by atoms with Crippen molar-refractivity contribution in [3.63, 3.8) is 0 Å². The van der Waals surface area contributed by atoms with Gasteiger partial charge in [-0.2, -0.15) is 0 Å². The summed E-state index contributed by atoms with van der Waals surface area (Å²) < 4.78 is 5.32. The molecule has 1 aliphatic carbocycles. The molecule has 2 N–H and O–H groups in total. The van der Waals surface area contributed by atoms with Gasteiger partial charge < -0.3 is 15.2 Å². The van der Waals surface area contributed by atoms with Gasteiger partial charge in [0, 0.05) is 25.2 Å². The lowest BCUT2D eigenvalue weighted by atomic mass is 9.92. The Morgan fingerprint density at radius 3 is 2.37 bits per heavy atom. The van der Waals surface area contributed by atoms with Crippen molar-refractivity contribution in [3.8, 4) is 0 Å². The van der Waals surface area contributed by atoms with E-state index in [9.17, 15) is 9.59 Å². The van der Waals surface area contributed by atoms with Crippen LogP contribution in [0.15, 0.2) is 0 Å². The van der Waals surface area contributed by atoms with Crippen LogP contribution in [-0.4, -0.2) is 36.2 Å². The van der Waals surface area contributed by atoms with Gasteiger partial charge in [-0.1, -0.05) is 0 Å². The highest BCUT2D eigenvalue weighted by atomic mass is 16.5. The Labute approximate surface area is 113 Å². The lowest BCUT2D eigenvalue weighted by Crippen LogP contribution is -2.42. The van der Waals surface area contributed by atoms with Crippen LogP contribution in [0.3, 0.4) is 0 Å². The van der Waals surface area contributed by atoms with Crippen molar-refractivity contribution in [2.24, 2.45) is 17.8 Å². The van der Waals surface area contributed by atoms with E-state index in [2.05, 4.69) is 5.32 Å². The third-order valence-corrected chi connectivity index (χ3v) is 4.50. The van der Waals surface area contributed by atoms with Gasteiger partial charge in [-0.15, -0.1) is 0 Å². The van der Waals surface area contributed by atoms with Crippen LogP contribution in [-0.2, 0) is 14.3 Å². The number of hydrogen-bond acceptors (Lipinski definition) is 3. The zero-order valence-corrected chi connectivity index (χ0v) is 11.4. The van der Waals surface area contributed by atoms with Gasteiger partial charge in [-0.3, -0.25) is 9.59 Å². The average Bonchev–Trinajstić information content (AvgIpc) is 2.89. The van der Waals surface area contributed by atoms with Crippen LogP contribution in [0, 0.1) is 17.8 Å². The van der Waals surface area contributed by atoms with Crippen molar-refractivity contribution in [1.82, 2.24) is 5.32 Å². The second-order valence-electron chi connectivity index (χ2n) is 5.79. The molecule has 3 atom stereocenters. The van der Waals surface area contributed by atoms with Crippen LogP contribution in [0.5, 0.6) is 0 Å². The van der Waals surface area contributed by atoms with Gasteiger partial charge in [0.15, 0.2) is 0 Å².